The molecular weight excluding hydrogens is 432 g/mol. The molecule has 6 atom stereocenters. The van der Waals surface area contributed by atoms with E-state index in [9.17, 15) is 14.7 Å². The van der Waals surface area contributed by atoms with Gasteiger partial charge in [0.1, 0.15) is 12.2 Å². The quantitative estimate of drug-likeness (QED) is 0.311. The molecule has 3 rings (SSSR count). The molecule has 0 aromatic rings. The molecule has 7 heteroatoms. The van der Waals surface area contributed by atoms with Crippen molar-refractivity contribution in [1.29, 1.82) is 0 Å². The van der Waals surface area contributed by atoms with Crippen LogP contribution in [0.2, 0.25) is 0 Å². The number of piperidine rings is 1. The normalized spacial score (nSPS) is 33.4. The van der Waals surface area contributed by atoms with Gasteiger partial charge in [0, 0.05) is 45.4 Å². The van der Waals surface area contributed by atoms with Crippen molar-refractivity contribution in [2.75, 3.05) is 26.2 Å². The van der Waals surface area contributed by atoms with Crippen LogP contribution in [0, 0.1) is 30.1 Å². The lowest BCUT2D eigenvalue weighted by Gasteiger charge is -2.53. The summed E-state index contributed by atoms with van der Waals surface area (Å²) in [7, 11) is 0. The minimum absolute atomic E-state index is 0.00876. The molecule has 3 aliphatic rings. The highest BCUT2D eigenvalue weighted by Gasteiger charge is 2.53. The Kier molecular flexibility index (Phi) is 9.44. The van der Waals surface area contributed by atoms with Crippen LogP contribution in [0.15, 0.2) is 11.6 Å². The lowest BCUT2D eigenvalue weighted by molar-refractivity contribution is -0.148. The van der Waals surface area contributed by atoms with Gasteiger partial charge in [0.15, 0.2) is 0 Å². The van der Waals surface area contributed by atoms with Crippen molar-refractivity contribution in [3.63, 3.8) is 0 Å². The zero-order valence-electron chi connectivity index (χ0n) is 21.7. The topological polar surface area (TPSA) is 88.1 Å². The largest absolute Gasteiger partial charge is 0.458 e. The second-order valence-electron chi connectivity index (χ2n) is 10.8. The fourth-order valence-electron chi connectivity index (χ4n) is 6.07. The molecule has 1 unspecified atom stereocenters. The van der Waals surface area contributed by atoms with E-state index < -0.39 is 11.7 Å². The third-order valence-corrected chi connectivity index (χ3v) is 8.21. The second-order valence-corrected chi connectivity index (χ2v) is 10.8. The van der Waals surface area contributed by atoms with Crippen molar-refractivity contribution >= 4 is 12.1 Å². The Labute approximate surface area is 205 Å². The summed E-state index contributed by atoms with van der Waals surface area (Å²) in [5, 5.41) is 14.6. The van der Waals surface area contributed by atoms with Gasteiger partial charge in [-0.2, -0.15) is 0 Å². The van der Waals surface area contributed by atoms with Crippen LogP contribution < -0.4 is 5.32 Å². The number of esters is 1. The van der Waals surface area contributed by atoms with E-state index in [1.165, 1.54) is 6.92 Å². The summed E-state index contributed by atoms with van der Waals surface area (Å²) in [6.07, 6.45) is 9.09. The van der Waals surface area contributed by atoms with E-state index in [2.05, 4.69) is 37.1 Å². The lowest BCUT2D eigenvalue weighted by Crippen LogP contribution is -2.57. The number of nitrogens with one attached hydrogen (secondary N) is 1. The summed E-state index contributed by atoms with van der Waals surface area (Å²) in [6, 6.07) is 0. The maximum absolute atomic E-state index is 11.9. The van der Waals surface area contributed by atoms with Crippen molar-refractivity contribution in [3.05, 3.63) is 18.1 Å². The number of nitrogens with zero attached hydrogens (tertiary/aromatic N) is 1. The summed E-state index contributed by atoms with van der Waals surface area (Å²) < 4.78 is 11.1. The number of carbonyl (C=O) groups is 2. The molecule has 0 aromatic heterocycles. The van der Waals surface area contributed by atoms with Gasteiger partial charge < -0.3 is 24.8 Å². The number of amides is 1. The predicted molar refractivity (Wildman–Crippen MR) is 132 cm³/mol. The van der Waals surface area contributed by atoms with Crippen LogP contribution in [0.5, 0.6) is 0 Å². The van der Waals surface area contributed by atoms with Crippen LogP contribution in [0.3, 0.4) is 0 Å². The number of likely N-dealkylation sites (tertiary alicyclic amines) is 1. The molecule has 1 heterocycles. The molecule has 2 N–H and O–H groups in total. The Bertz CT molecular complexity index is 733. The molecule has 1 saturated heterocycles. The molecule has 1 aliphatic heterocycles. The van der Waals surface area contributed by atoms with E-state index in [1.807, 2.05) is 13.3 Å². The molecule has 2 aliphatic carbocycles. The molecular formula is C27H45N2O5. The smallest absolute Gasteiger partial charge is 0.407 e. The van der Waals surface area contributed by atoms with Crippen LogP contribution in [-0.2, 0) is 14.3 Å². The van der Waals surface area contributed by atoms with Gasteiger partial charge in [-0.25, -0.2) is 4.79 Å². The van der Waals surface area contributed by atoms with E-state index in [0.29, 0.717) is 18.4 Å². The third kappa shape index (κ3) is 6.54. The first kappa shape index (κ1) is 27.0. The Morgan fingerprint density at radius 3 is 2.59 bits per heavy atom. The number of rotatable bonds is 8. The Morgan fingerprint density at radius 2 is 1.94 bits per heavy atom. The molecule has 7 nitrogen and oxygen atoms in total. The maximum Gasteiger partial charge on any atom is 0.407 e. The van der Waals surface area contributed by atoms with Crippen LogP contribution in [0.1, 0.15) is 73.1 Å². The number of alkyl carbamates (subject to hydrolysis) is 1. The number of aliphatic hydroxyl groups is 1. The predicted octanol–water partition coefficient (Wildman–Crippen LogP) is 4.10. The van der Waals surface area contributed by atoms with Crippen molar-refractivity contribution < 1.29 is 24.2 Å². The van der Waals surface area contributed by atoms with E-state index in [4.69, 9.17) is 9.47 Å². The molecule has 0 aromatic carbocycles. The molecule has 1 saturated carbocycles. The SMILES string of the molecule is CCCCNC(=O)OC1CCN(CC(C)[C@@H]2CC[C@@H](C)[C@]3(O)[CH][C@@H](OC(C)=O)C(C)=C[C@H]23)CC1. The fraction of sp³-hybridized carbons (Fsp3) is 0.815. The zero-order chi connectivity index (χ0) is 24.9. The molecule has 0 bridgehead atoms. The molecule has 0 spiro atoms. The van der Waals surface area contributed by atoms with Gasteiger partial charge in [-0.15, -0.1) is 0 Å². The van der Waals surface area contributed by atoms with E-state index >= 15 is 0 Å². The highest BCUT2D eigenvalue weighted by molar-refractivity contribution is 5.67. The number of hydrogen-bond donors (Lipinski definition) is 2. The second kappa shape index (κ2) is 11.9. The van der Waals surface area contributed by atoms with Crippen molar-refractivity contribution in [2.45, 2.75) is 91.0 Å². The molecule has 2 fully saturated rings. The van der Waals surface area contributed by atoms with Gasteiger partial charge in [0.25, 0.3) is 0 Å². The van der Waals surface area contributed by atoms with Gasteiger partial charge in [0.05, 0.1) is 5.60 Å². The Hall–Kier alpha value is -1.60. The summed E-state index contributed by atoms with van der Waals surface area (Å²) in [5.74, 6) is 0.617. The highest BCUT2D eigenvalue weighted by atomic mass is 16.6. The number of unbranched alkanes of at least 4 members (excludes halogenated alkanes) is 1. The van der Waals surface area contributed by atoms with Crippen LogP contribution in [0.4, 0.5) is 4.79 Å². The lowest BCUT2D eigenvalue weighted by atomic mass is 9.57. The van der Waals surface area contributed by atoms with E-state index in [-0.39, 0.29) is 30.0 Å². The minimum atomic E-state index is -0.956. The van der Waals surface area contributed by atoms with Crippen LogP contribution >= 0.6 is 0 Å². The van der Waals surface area contributed by atoms with E-state index in [0.717, 1.165) is 63.7 Å². The Morgan fingerprint density at radius 1 is 1.24 bits per heavy atom. The first-order valence-electron chi connectivity index (χ1n) is 13.2. The summed E-state index contributed by atoms with van der Waals surface area (Å²) in [4.78, 5) is 26.0. The first-order valence-corrected chi connectivity index (χ1v) is 13.2. The van der Waals surface area contributed by atoms with Gasteiger partial charge >= 0.3 is 12.1 Å². The molecule has 1 amide bonds. The zero-order valence-corrected chi connectivity index (χ0v) is 21.7. The maximum atomic E-state index is 11.9. The average Bonchev–Trinajstić information content (AvgIpc) is 2.77. The average molecular weight is 478 g/mol. The number of hydrogen-bond acceptors (Lipinski definition) is 6. The summed E-state index contributed by atoms with van der Waals surface area (Å²) in [6.45, 7) is 13.4. The van der Waals surface area contributed by atoms with Gasteiger partial charge in [-0.05, 0) is 62.4 Å². The highest BCUT2D eigenvalue weighted by Crippen LogP contribution is 2.50. The van der Waals surface area contributed by atoms with Crippen LogP contribution in [-0.4, -0.2) is 66.1 Å². The van der Waals surface area contributed by atoms with Gasteiger partial charge in [-0.1, -0.05) is 33.3 Å². The molecule has 193 valence electrons. The Balaban J connectivity index is 1.55. The fourth-order valence-corrected chi connectivity index (χ4v) is 6.07. The number of ether oxygens (including phenoxy) is 2. The monoisotopic (exact) mass is 477 g/mol. The summed E-state index contributed by atoms with van der Waals surface area (Å²) in [5.41, 5.74) is 0.0503. The van der Waals surface area contributed by atoms with Gasteiger partial charge in [0.2, 0.25) is 0 Å². The number of carbonyl (C=O) groups excluding carboxylic acids is 2. The third-order valence-electron chi connectivity index (χ3n) is 8.21. The molecule has 34 heavy (non-hydrogen) atoms. The van der Waals surface area contributed by atoms with Crippen molar-refractivity contribution in [1.82, 2.24) is 10.2 Å². The standard InChI is InChI=1S/C27H45N2O5/c1-6-7-12-28-26(31)34-22-10-13-29(14-11-22)17-19(3)23-9-8-20(4)27(32)16-25(33-21(5)30)18(2)15-24(23)27/h15-16,19-20,22-25,32H,6-14,17H2,1-5H3,(H,28,31)/t19?,20-,23+,24-,25-,27-/m1/s1. The van der Waals surface area contributed by atoms with Crippen molar-refractivity contribution in [3.8, 4) is 0 Å². The van der Waals surface area contributed by atoms with Crippen molar-refractivity contribution in [2.24, 2.45) is 23.7 Å². The van der Waals surface area contributed by atoms with Gasteiger partial charge in [-0.3, -0.25) is 4.79 Å². The molecule has 1 radical (unpaired) electrons. The van der Waals surface area contributed by atoms with Crippen LogP contribution in [0.25, 0.3) is 0 Å². The van der Waals surface area contributed by atoms with E-state index in [1.54, 1.807) is 0 Å². The minimum Gasteiger partial charge on any atom is -0.458 e. The summed E-state index contributed by atoms with van der Waals surface area (Å²) >= 11 is 0. The number of fused-ring (bicyclic) bond motifs is 1. The first-order chi connectivity index (χ1) is 16.1.